The number of fused-ring (bicyclic) bond motifs is 2. The number of hydrogen-bond donors (Lipinski definition) is 0. The van der Waals surface area contributed by atoms with Gasteiger partial charge in [0.2, 0.25) is 0 Å². The molecule has 2 aliphatic carbocycles. The molecule has 2 nitrogen and oxygen atoms in total. The summed E-state index contributed by atoms with van der Waals surface area (Å²) in [6, 6.07) is 28.5. The summed E-state index contributed by atoms with van der Waals surface area (Å²) in [5.41, 5.74) is 24.3. The van der Waals surface area contributed by atoms with E-state index in [1.54, 1.807) is 0 Å². The van der Waals surface area contributed by atoms with Gasteiger partial charge in [0.15, 0.2) is 0 Å². The van der Waals surface area contributed by atoms with Gasteiger partial charge in [0.05, 0.1) is 0 Å². The van der Waals surface area contributed by atoms with Crippen molar-refractivity contribution >= 4 is 55.0 Å². The number of allylic oxidation sites excluding steroid dienone is 2. The van der Waals surface area contributed by atoms with Crippen LogP contribution < -0.4 is 0 Å². The molecule has 2 atom stereocenters. The van der Waals surface area contributed by atoms with Gasteiger partial charge < -0.3 is 0 Å². The maximum atomic E-state index is 6.80. The predicted molar refractivity (Wildman–Crippen MR) is 272 cm³/mol. The van der Waals surface area contributed by atoms with Gasteiger partial charge >= 0.3 is 366 Å². The normalized spacial score (nSPS) is 16.3. The van der Waals surface area contributed by atoms with Crippen molar-refractivity contribution in [1.82, 2.24) is 0 Å². The molecule has 2 aromatic heterocycles. The van der Waals surface area contributed by atoms with Crippen LogP contribution in [0.5, 0.6) is 0 Å². The molecule has 0 N–H and O–H groups in total. The van der Waals surface area contributed by atoms with Crippen molar-refractivity contribution in [3.05, 3.63) is 163 Å². The first-order valence-electron chi connectivity index (χ1n) is 22.0. The zero-order valence-corrected chi connectivity index (χ0v) is 45.6. The molecule has 0 fully saturated rings. The van der Waals surface area contributed by atoms with E-state index in [9.17, 15) is 0 Å². The van der Waals surface area contributed by atoms with Crippen molar-refractivity contribution in [3.63, 3.8) is 0 Å². The summed E-state index contributed by atoms with van der Waals surface area (Å²) in [5.74, 6) is 4.01. The van der Waals surface area contributed by atoms with Crippen LogP contribution in [0.2, 0.25) is 9.26 Å². The molecule has 2 aliphatic rings. The van der Waals surface area contributed by atoms with Gasteiger partial charge in [-0.2, -0.15) is 0 Å². The van der Waals surface area contributed by atoms with Crippen LogP contribution in [0.4, 0.5) is 0 Å². The van der Waals surface area contributed by atoms with E-state index in [1.165, 1.54) is 100 Å². The Morgan fingerprint density at radius 1 is 0.484 bits per heavy atom. The molecule has 6 aromatic rings. The first-order valence-corrected chi connectivity index (χ1v) is 35.7. The van der Waals surface area contributed by atoms with Crippen LogP contribution in [0.1, 0.15) is 139 Å². The van der Waals surface area contributed by atoms with Gasteiger partial charge in [0.1, 0.15) is 0 Å². The smallest absolute Gasteiger partial charge is 0.147 e. The summed E-state index contributed by atoms with van der Waals surface area (Å²) in [4.78, 5) is 0. The largest absolute Gasteiger partial charge is 0.147 e. The molecule has 8 rings (SSSR count). The average Bonchev–Trinajstić information content (AvgIpc) is 3.92. The minimum Gasteiger partial charge on any atom is -0.147 e. The molecule has 2 heterocycles. The minimum atomic E-state index is -4.32. The fourth-order valence-corrected chi connectivity index (χ4v) is 29.0. The Kier molecular flexibility index (Phi) is 12.6. The van der Waals surface area contributed by atoms with Gasteiger partial charge in [-0.3, -0.25) is 0 Å². The van der Waals surface area contributed by atoms with Crippen LogP contribution in [0.15, 0.2) is 81.6 Å². The Morgan fingerprint density at radius 3 is 1.08 bits per heavy atom. The maximum Gasteiger partial charge on any atom is -0.147 e. The van der Waals surface area contributed by atoms with Gasteiger partial charge in [-0.05, 0) is 0 Å². The second-order valence-electron chi connectivity index (χ2n) is 21.7. The molecule has 0 amide bonds. The van der Waals surface area contributed by atoms with Crippen LogP contribution in [0.25, 0.3) is 45.6 Å². The summed E-state index contributed by atoms with van der Waals surface area (Å²) in [6.07, 6.45) is 5.07. The number of aryl methyl sites for hydroxylation is 6. The summed E-state index contributed by atoms with van der Waals surface area (Å²) < 4.78 is 19.5. The molecule has 0 aliphatic heterocycles. The molecule has 0 saturated carbocycles. The van der Waals surface area contributed by atoms with Gasteiger partial charge in [-0.1, -0.05) is 0 Å². The van der Waals surface area contributed by atoms with Gasteiger partial charge in [0.25, 0.3) is 0 Å². The monoisotopic (exact) mass is 960 g/mol. The summed E-state index contributed by atoms with van der Waals surface area (Å²) in [6.45, 7) is 34.0. The molecule has 62 heavy (non-hydrogen) atoms. The summed E-state index contributed by atoms with van der Waals surface area (Å²) >= 11 is -4.32. The van der Waals surface area contributed by atoms with Crippen molar-refractivity contribution in [2.24, 2.45) is 0 Å². The van der Waals surface area contributed by atoms with E-state index in [0.717, 1.165) is 23.0 Å². The van der Waals surface area contributed by atoms with E-state index in [4.69, 9.17) is 8.83 Å². The number of rotatable bonds is 6. The molecule has 4 aromatic carbocycles. The fraction of sp³-hybridized carbons (Fsp3) is 0.357. The van der Waals surface area contributed by atoms with Gasteiger partial charge in [-0.15, -0.1) is 24.8 Å². The zero-order chi connectivity index (χ0) is 43.6. The Bertz CT molecular complexity index is 2650. The third-order valence-corrected chi connectivity index (χ3v) is 31.8. The van der Waals surface area contributed by atoms with E-state index in [2.05, 4.69) is 198 Å². The Balaban J connectivity index is 0.00000321. The minimum absolute atomic E-state index is 0. The SMILES string of the molecule is Cc1cc(C2=Cc3c(cc(C)c(C)c3-c3ccc(C(C)(C)C)cc3)[CH]2[Zr]([CH3])([CH3])(=[SiH2])[CH]2C(c3cc(C)c(C)o3)=Cc3c2cc(C)c(C)c3-c2ccc(C(C)(C)C)cc2)oc1C.Cl.Cl. The first-order chi connectivity index (χ1) is 27.9. The molecule has 0 radical (unpaired) electrons. The Hall–Kier alpha value is -3.40. The van der Waals surface area contributed by atoms with Crippen molar-refractivity contribution < 1.29 is 26.2 Å². The van der Waals surface area contributed by atoms with Crippen molar-refractivity contribution in [1.29, 1.82) is 0 Å². The summed E-state index contributed by atoms with van der Waals surface area (Å²) in [5, 5.41) is 0. The van der Waals surface area contributed by atoms with Crippen LogP contribution in [0.3, 0.4) is 0 Å². The molecule has 0 bridgehead atoms. The second kappa shape index (κ2) is 16.2. The Labute approximate surface area is 387 Å². The summed E-state index contributed by atoms with van der Waals surface area (Å²) in [7, 11) is 0. The molecule has 0 saturated heterocycles. The van der Waals surface area contributed by atoms with E-state index >= 15 is 0 Å². The predicted octanol–water partition coefficient (Wildman–Crippen LogP) is 16.3. The van der Waals surface area contributed by atoms with Gasteiger partial charge in [-0.25, -0.2) is 0 Å². The van der Waals surface area contributed by atoms with E-state index in [-0.39, 0.29) is 42.9 Å². The average molecular weight is 963 g/mol. The third-order valence-electron chi connectivity index (χ3n) is 14.6. The van der Waals surface area contributed by atoms with E-state index in [0.29, 0.717) is 0 Å². The van der Waals surface area contributed by atoms with E-state index in [1.807, 2.05) is 0 Å². The molecule has 0 spiro atoms. The fourth-order valence-electron chi connectivity index (χ4n) is 10.6. The standard InChI is InChI=1S/2C27H29O.2CH3.2ClH.H2Si.Zr/c2*1-16-12-21-14-22(25-13-17(2)19(4)28-25)15-24(21)26(18(16)3)20-8-10-23(11-9-20)27(5,6)7;;;;;;/h2*8-15H,1-7H3;2*1H3;2*1H;1H2;. The topological polar surface area (TPSA) is 26.3 Å². The molecular weight excluding hydrogens is 895 g/mol. The van der Waals surface area contributed by atoms with Crippen molar-refractivity contribution in [2.45, 2.75) is 124 Å². The van der Waals surface area contributed by atoms with Crippen molar-refractivity contribution in [2.75, 3.05) is 0 Å². The number of halogens is 2. The maximum absolute atomic E-state index is 6.80. The number of benzene rings is 4. The third kappa shape index (κ3) is 7.92. The van der Waals surface area contributed by atoms with Crippen LogP contribution in [-0.2, 0) is 28.2 Å². The van der Waals surface area contributed by atoms with Crippen molar-refractivity contribution in [3.8, 4) is 22.3 Å². The van der Waals surface area contributed by atoms with E-state index < -0.39 is 17.4 Å². The molecule has 326 valence electrons. The molecule has 2 unspecified atom stereocenters. The van der Waals surface area contributed by atoms with Gasteiger partial charge in [0, 0.05) is 0 Å². The van der Waals surface area contributed by atoms with Crippen LogP contribution in [-0.4, -0.2) is 6.88 Å². The first kappa shape index (κ1) is 48.1. The quantitative estimate of drug-likeness (QED) is 0.156. The van der Waals surface area contributed by atoms with Crippen LogP contribution in [0, 0.1) is 55.4 Å². The Morgan fingerprint density at radius 2 is 0.806 bits per heavy atom. The number of hydrogen-bond acceptors (Lipinski definition) is 2. The molecule has 6 heteroatoms. The zero-order valence-electron chi connectivity index (χ0n) is 40.1. The number of furan rings is 2. The molecular formula is C56H68Cl2O2SiZr. The second-order valence-corrected chi connectivity index (χ2v) is 52.2. The van der Waals surface area contributed by atoms with Crippen LogP contribution >= 0.6 is 24.8 Å².